The van der Waals surface area contributed by atoms with E-state index in [1.807, 2.05) is 29.2 Å². The van der Waals surface area contributed by atoms with Gasteiger partial charge in [-0.1, -0.05) is 22.4 Å². The molecule has 1 aromatic carbocycles. The van der Waals surface area contributed by atoms with Crippen molar-refractivity contribution in [1.82, 2.24) is 20.1 Å². The number of nitrogens with zero attached hydrogens (tertiary/aromatic N) is 4. The third-order valence-electron chi connectivity index (χ3n) is 5.36. The van der Waals surface area contributed by atoms with Gasteiger partial charge in [-0.05, 0) is 31.6 Å². The van der Waals surface area contributed by atoms with E-state index < -0.39 is 0 Å². The molecule has 5 heterocycles. The molecule has 0 spiro atoms. The Hall–Kier alpha value is -3.42. The molecule has 0 N–H and O–H groups in total. The van der Waals surface area contributed by atoms with Gasteiger partial charge in [-0.2, -0.15) is 0 Å². The standard InChI is InChI=1S/C20H18N4O4/c1-12-8-13(21-27-12)6-7-18(25)23-10-14-9-15(11-23)24(14)20(26)19-16-4-2-3-5-17(16)22-28-19/h2-8,14-15H,9-11H2,1H3/b7-6+. The van der Waals surface area contributed by atoms with E-state index in [1.54, 1.807) is 24.0 Å². The van der Waals surface area contributed by atoms with Crippen LogP contribution in [0.2, 0.25) is 0 Å². The minimum absolute atomic E-state index is 0.00163. The van der Waals surface area contributed by atoms with Crippen molar-refractivity contribution in [2.45, 2.75) is 25.4 Å². The first kappa shape index (κ1) is 16.7. The average molecular weight is 378 g/mol. The maximum atomic E-state index is 13.0. The average Bonchev–Trinajstić information content (AvgIpc) is 3.32. The SMILES string of the molecule is Cc1cc(/C=C/C(=O)N2CC3CC(C2)N3C(=O)c2onc3ccccc23)no1. The molecule has 8 nitrogen and oxygen atoms in total. The van der Waals surface area contributed by atoms with Crippen LogP contribution in [0, 0.1) is 6.92 Å². The van der Waals surface area contributed by atoms with Gasteiger partial charge in [0, 0.05) is 25.2 Å². The van der Waals surface area contributed by atoms with E-state index in [-0.39, 0.29) is 29.7 Å². The van der Waals surface area contributed by atoms with Crippen molar-refractivity contribution in [3.63, 3.8) is 0 Å². The lowest BCUT2D eigenvalue weighted by Gasteiger charge is -2.55. The molecule has 2 bridgehead atoms. The number of benzene rings is 1. The number of carbonyl (C=O) groups excluding carboxylic acids is 2. The quantitative estimate of drug-likeness (QED) is 0.649. The largest absolute Gasteiger partial charge is 0.361 e. The summed E-state index contributed by atoms with van der Waals surface area (Å²) in [7, 11) is 0. The topological polar surface area (TPSA) is 92.7 Å². The fourth-order valence-corrected chi connectivity index (χ4v) is 4.01. The van der Waals surface area contributed by atoms with Crippen LogP contribution >= 0.6 is 0 Å². The third kappa shape index (κ3) is 2.69. The maximum absolute atomic E-state index is 13.0. The summed E-state index contributed by atoms with van der Waals surface area (Å²) < 4.78 is 10.3. The molecule has 3 aliphatic heterocycles. The number of piperazine rings is 1. The number of fused-ring (bicyclic) bond motifs is 3. The monoisotopic (exact) mass is 378 g/mol. The van der Waals surface area contributed by atoms with E-state index in [9.17, 15) is 9.59 Å². The highest BCUT2D eigenvalue weighted by molar-refractivity contribution is 6.04. The highest BCUT2D eigenvalue weighted by Gasteiger charge is 2.49. The number of amides is 2. The Balaban J connectivity index is 1.27. The van der Waals surface area contributed by atoms with E-state index in [1.165, 1.54) is 6.08 Å². The van der Waals surface area contributed by atoms with Crippen LogP contribution in [-0.2, 0) is 4.79 Å². The van der Waals surface area contributed by atoms with Crippen LogP contribution in [0.1, 0.15) is 28.4 Å². The van der Waals surface area contributed by atoms with E-state index in [4.69, 9.17) is 9.05 Å². The lowest BCUT2D eigenvalue weighted by Crippen LogP contribution is -2.70. The molecule has 3 saturated heterocycles. The summed E-state index contributed by atoms with van der Waals surface area (Å²) in [6.07, 6.45) is 4.04. The van der Waals surface area contributed by atoms with Gasteiger partial charge in [0.15, 0.2) is 0 Å². The fourth-order valence-electron chi connectivity index (χ4n) is 4.01. The molecule has 2 amide bonds. The van der Waals surface area contributed by atoms with Crippen molar-refractivity contribution in [3.05, 3.63) is 53.6 Å². The Morgan fingerprint density at radius 2 is 1.93 bits per heavy atom. The van der Waals surface area contributed by atoms with E-state index in [0.29, 0.717) is 30.1 Å². The first-order valence-corrected chi connectivity index (χ1v) is 9.17. The van der Waals surface area contributed by atoms with Gasteiger partial charge in [0.05, 0.1) is 17.5 Å². The zero-order valence-corrected chi connectivity index (χ0v) is 15.2. The van der Waals surface area contributed by atoms with Gasteiger partial charge < -0.3 is 18.8 Å². The molecule has 3 aliphatic rings. The van der Waals surface area contributed by atoms with Crippen molar-refractivity contribution >= 4 is 28.8 Å². The highest BCUT2D eigenvalue weighted by atomic mass is 16.5. The Morgan fingerprint density at radius 3 is 2.68 bits per heavy atom. The number of carbonyl (C=O) groups is 2. The maximum Gasteiger partial charge on any atom is 0.293 e. The summed E-state index contributed by atoms with van der Waals surface area (Å²) >= 11 is 0. The van der Waals surface area contributed by atoms with Crippen LogP contribution in [0.3, 0.4) is 0 Å². The lowest BCUT2D eigenvalue weighted by molar-refractivity contribution is -0.135. The molecule has 2 atom stereocenters. The van der Waals surface area contributed by atoms with Gasteiger partial charge in [-0.15, -0.1) is 0 Å². The summed E-state index contributed by atoms with van der Waals surface area (Å²) in [4.78, 5) is 29.0. The molecule has 0 aliphatic carbocycles. The van der Waals surface area contributed by atoms with Gasteiger partial charge in [-0.3, -0.25) is 9.59 Å². The Morgan fingerprint density at radius 1 is 1.14 bits per heavy atom. The summed E-state index contributed by atoms with van der Waals surface area (Å²) in [5.74, 6) is 0.718. The van der Waals surface area contributed by atoms with Gasteiger partial charge in [0.2, 0.25) is 11.7 Å². The second-order valence-corrected chi connectivity index (χ2v) is 7.22. The Bertz CT molecular complexity index is 1090. The molecular weight excluding hydrogens is 360 g/mol. The van der Waals surface area contributed by atoms with Crippen molar-refractivity contribution in [2.24, 2.45) is 0 Å². The van der Waals surface area contributed by atoms with Crippen LogP contribution in [0.4, 0.5) is 0 Å². The molecule has 6 rings (SSSR count). The molecule has 0 saturated carbocycles. The van der Waals surface area contributed by atoms with E-state index in [2.05, 4.69) is 10.3 Å². The number of hydrogen-bond donors (Lipinski definition) is 0. The van der Waals surface area contributed by atoms with Gasteiger partial charge in [-0.25, -0.2) is 0 Å². The predicted molar refractivity (Wildman–Crippen MR) is 99.2 cm³/mol. The number of rotatable bonds is 3. The van der Waals surface area contributed by atoms with Crippen molar-refractivity contribution < 1.29 is 18.6 Å². The van der Waals surface area contributed by atoms with Crippen LogP contribution in [0.5, 0.6) is 0 Å². The molecule has 142 valence electrons. The van der Waals surface area contributed by atoms with Crippen LogP contribution in [-0.4, -0.2) is 57.1 Å². The predicted octanol–water partition coefficient (Wildman–Crippen LogP) is 2.26. The number of hydrogen-bond acceptors (Lipinski definition) is 6. The number of aromatic nitrogens is 2. The van der Waals surface area contributed by atoms with E-state index >= 15 is 0 Å². The normalized spacial score (nSPS) is 21.3. The van der Waals surface area contributed by atoms with Crippen LogP contribution < -0.4 is 0 Å². The smallest absolute Gasteiger partial charge is 0.293 e. The second-order valence-electron chi connectivity index (χ2n) is 7.22. The zero-order chi connectivity index (χ0) is 19.3. The summed E-state index contributed by atoms with van der Waals surface area (Å²) in [6, 6.07) is 9.13. The highest BCUT2D eigenvalue weighted by Crippen LogP contribution is 2.35. The molecule has 3 fully saturated rings. The Kier molecular flexibility index (Phi) is 3.78. The molecule has 3 aromatic rings. The fraction of sp³-hybridized carbons (Fsp3) is 0.300. The molecular formula is C20H18N4O4. The molecule has 28 heavy (non-hydrogen) atoms. The first-order valence-electron chi connectivity index (χ1n) is 9.17. The zero-order valence-electron chi connectivity index (χ0n) is 15.2. The van der Waals surface area contributed by atoms with Crippen molar-refractivity contribution in [1.29, 1.82) is 0 Å². The number of piperidine rings is 1. The van der Waals surface area contributed by atoms with Crippen molar-refractivity contribution in [2.75, 3.05) is 13.1 Å². The molecule has 8 heteroatoms. The Labute approximate surface area is 160 Å². The lowest BCUT2D eigenvalue weighted by atomic mass is 9.86. The van der Waals surface area contributed by atoms with Gasteiger partial charge in [0.25, 0.3) is 5.91 Å². The second kappa shape index (κ2) is 6.33. The molecule has 2 unspecified atom stereocenters. The summed E-state index contributed by atoms with van der Waals surface area (Å²) in [5, 5.41) is 8.52. The first-order chi connectivity index (χ1) is 13.6. The van der Waals surface area contributed by atoms with Gasteiger partial charge >= 0.3 is 0 Å². The number of aryl methyl sites for hydroxylation is 1. The third-order valence-corrected chi connectivity index (χ3v) is 5.36. The molecule has 2 aromatic heterocycles. The molecule has 0 radical (unpaired) electrons. The van der Waals surface area contributed by atoms with Crippen LogP contribution in [0.15, 0.2) is 45.5 Å². The van der Waals surface area contributed by atoms with Gasteiger partial charge in [0.1, 0.15) is 17.0 Å². The van der Waals surface area contributed by atoms with Crippen LogP contribution in [0.25, 0.3) is 17.0 Å². The van der Waals surface area contributed by atoms with Crippen molar-refractivity contribution in [3.8, 4) is 0 Å². The summed E-state index contributed by atoms with van der Waals surface area (Å²) in [5.41, 5.74) is 1.28. The van der Waals surface area contributed by atoms with E-state index in [0.717, 1.165) is 11.8 Å². The minimum atomic E-state index is -0.157. The summed E-state index contributed by atoms with van der Waals surface area (Å²) in [6.45, 7) is 2.82. The minimum Gasteiger partial charge on any atom is -0.361 e.